The first kappa shape index (κ1) is 19.9. The first-order valence-electron chi connectivity index (χ1n) is 8.87. The van der Waals surface area contributed by atoms with E-state index in [4.69, 9.17) is 4.74 Å². The average molecular weight is 402 g/mol. The van der Waals surface area contributed by atoms with Crippen molar-refractivity contribution in [3.05, 3.63) is 40.8 Å². The van der Waals surface area contributed by atoms with Gasteiger partial charge in [0.05, 0.1) is 29.6 Å². The monoisotopic (exact) mass is 402 g/mol. The van der Waals surface area contributed by atoms with Gasteiger partial charge in [0.25, 0.3) is 5.56 Å². The Morgan fingerprint density at radius 2 is 2.07 bits per heavy atom. The molecule has 0 bridgehead atoms. The van der Waals surface area contributed by atoms with Crippen molar-refractivity contribution in [1.29, 1.82) is 0 Å². The Morgan fingerprint density at radius 3 is 2.79 bits per heavy atom. The second kappa shape index (κ2) is 8.47. The third-order valence-electron chi connectivity index (χ3n) is 4.13. The lowest BCUT2D eigenvalue weighted by Gasteiger charge is -2.29. The number of nitrogens with one attached hydrogen (secondary N) is 1. The van der Waals surface area contributed by atoms with Crippen LogP contribution in [0.5, 0.6) is 5.75 Å². The number of carbonyl (C=O) groups excluding carboxylic acids is 2. The Bertz CT molecular complexity index is 957. The molecule has 1 aliphatic rings. The molecule has 148 valence electrons. The predicted molar refractivity (Wildman–Crippen MR) is 108 cm³/mol. The smallest absolute Gasteiger partial charge is 0.292 e. The maximum atomic E-state index is 13.0. The van der Waals surface area contributed by atoms with Gasteiger partial charge in [-0.2, -0.15) is 5.10 Å². The van der Waals surface area contributed by atoms with Gasteiger partial charge in [0.2, 0.25) is 11.8 Å². The molecule has 2 heterocycles. The molecule has 2 amide bonds. The molecular weight excluding hydrogens is 380 g/mol. The van der Waals surface area contributed by atoms with Gasteiger partial charge in [-0.1, -0.05) is 26.0 Å². The van der Waals surface area contributed by atoms with Gasteiger partial charge in [0, 0.05) is 6.54 Å². The number of hydrogen-bond acceptors (Lipinski definition) is 6. The van der Waals surface area contributed by atoms with Crippen molar-refractivity contribution < 1.29 is 14.3 Å². The van der Waals surface area contributed by atoms with Crippen molar-refractivity contribution in [2.24, 2.45) is 5.92 Å². The fourth-order valence-electron chi connectivity index (χ4n) is 2.90. The van der Waals surface area contributed by atoms with Gasteiger partial charge >= 0.3 is 0 Å². The molecule has 0 aliphatic carbocycles. The molecule has 8 nitrogen and oxygen atoms in total. The Hall–Kier alpha value is -2.81. The molecule has 2 aromatic rings. The number of hydrogen-bond donors (Lipinski definition) is 1. The highest BCUT2D eigenvalue weighted by atomic mass is 32.2. The van der Waals surface area contributed by atoms with Gasteiger partial charge in [0.15, 0.2) is 0 Å². The Morgan fingerprint density at radius 1 is 1.32 bits per heavy atom. The van der Waals surface area contributed by atoms with E-state index in [9.17, 15) is 14.4 Å². The molecule has 0 radical (unpaired) electrons. The Kier molecular flexibility index (Phi) is 6.03. The minimum Gasteiger partial charge on any atom is -0.495 e. The van der Waals surface area contributed by atoms with E-state index in [-0.39, 0.29) is 24.1 Å². The molecule has 1 aromatic heterocycles. The van der Waals surface area contributed by atoms with Gasteiger partial charge in [-0.05, 0) is 18.1 Å². The normalized spacial score (nSPS) is 13.4. The van der Waals surface area contributed by atoms with E-state index in [2.05, 4.69) is 10.4 Å². The SMILES string of the molecule is COc1ccccc1NC(=O)Cn1ncc2c(c1=O)N(CC(C)C)C(=O)CS2. The average Bonchev–Trinajstić information content (AvgIpc) is 2.66. The van der Waals surface area contributed by atoms with Crippen LogP contribution in [0.2, 0.25) is 0 Å². The molecule has 0 fully saturated rings. The van der Waals surface area contributed by atoms with Crippen LogP contribution in [0.4, 0.5) is 11.4 Å². The zero-order chi connectivity index (χ0) is 20.3. The summed E-state index contributed by atoms with van der Waals surface area (Å²) in [6.45, 7) is 4.14. The van der Waals surface area contributed by atoms with Crippen molar-refractivity contribution in [3.8, 4) is 5.75 Å². The fourth-order valence-corrected chi connectivity index (χ4v) is 3.79. The number of anilines is 2. The number of fused-ring (bicyclic) bond motifs is 1. The molecule has 28 heavy (non-hydrogen) atoms. The van der Waals surface area contributed by atoms with Crippen LogP contribution in [0.1, 0.15) is 13.8 Å². The quantitative estimate of drug-likeness (QED) is 0.794. The van der Waals surface area contributed by atoms with Crippen LogP contribution >= 0.6 is 11.8 Å². The lowest BCUT2D eigenvalue weighted by Crippen LogP contribution is -2.44. The maximum Gasteiger partial charge on any atom is 0.292 e. The Balaban J connectivity index is 1.86. The third-order valence-corrected chi connectivity index (χ3v) is 5.13. The number of para-hydroxylation sites is 2. The van der Waals surface area contributed by atoms with Crippen LogP contribution in [0.25, 0.3) is 0 Å². The van der Waals surface area contributed by atoms with E-state index in [1.165, 1.54) is 30.0 Å². The van der Waals surface area contributed by atoms with E-state index >= 15 is 0 Å². The largest absolute Gasteiger partial charge is 0.495 e. The highest BCUT2D eigenvalue weighted by Crippen LogP contribution is 2.32. The summed E-state index contributed by atoms with van der Waals surface area (Å²) in [7, 11) is 1.51. The van der Waals surface area contributed by atoms with Gasteiger partial charge in [-0.3, -0.25) is 14.4 Å². The number of benzene rings is 1. The molecule has 1 N–H and O–H groups in total. The summed E-state index contributed by atoms with van der Waals surface area (Å²) in [5.41, 5.74) is 0.358. The lowest BCUT2D eigenvalue weighted by molar-refractivity contribution is -0.117. The molecule has 1 aliphatic heterocycles. The molecule has 9 heteroatoms. The summed E-state index contributed by atoms with van der Waals surface area (Å²) in [5.74, 6) is 0.476. The van der Waals surface area contributed by atoms with E-state index in [0.29, 0.717) is 28.6 Å². The summed E-state index contributed by atoms with van der Waals surface area (Å²) in [4.78, 5) is 39.9. The van der Waals surface area contributed by atoms with Crippen LogP contribution in [-0.4, -0.2) is 41.0 Å². The van der Waals surface area contributed by atoms with Crippen LogP contribution in [0.3, 0.4) is 0 Å². The standard InChI is InChI=1S/C19H22N4O4S/c1-12(2)9-22-17(25)11-28-15-8-20-23(19(26)18(15)22)10-16(24)21-13-6-4-5-7-14(13)27-3/h4-8,12H,9-11H2,1-3H3,(H,21,24). The number of methoxy groups -OCH3 is 1. The van der Waals surface area contributed by atoms with Gasteiger partial charge in [-0.15, -0.1) is 11.8 Å². The fraction of sp³-hybridized carbons (Fsp3) is 0.368. The van der Waals surface area contributed by atoms with Crippen LogP contribution in [0, 0.1) is 5.92 Å². The summed E-state index contributed by atoms with van der Waals surface area (Å²) in [5, 5.41) is 6.83. The van der Waals surface area contributed by atoms with E-state index in [1.807, 2.05) is 13.8 Å². The molecule has 0 atom stereocenters. The molecular formula is C19H22N4O4S. The summed E-state index contributed by atoms with van der Waals surface area (Å²) in [6, 6.07) is 7.00. The number of nitrogens with zero attached hydrogens (tertiary/aromatic N) is 3. The number of rotatable bonds is 6. The summed E-state index contributed by atoms with van der Waals surface area (Å²) < 4.78 is 6.29. The zero-order valence-corrected chi connectivity index (χ0v) is 16.8. The highest BCUT2D eigenvalue weighted by Gasteiger charge is 2.29. The number of carbonyl (C=O) groups is 2. The minimum atomic E-state index is -0.450. The lowest BCUT2D eigenvalue weighted by atomic mass is 10.2. The number of amides is 2. The van der Waals surface area contributed by atoms with E-state index in [1.54, 1.807) is 24.3 Å². The summed E-state index contributed by atoms with van der Waals surface area (Å²) >= 11 is 1.29. The van der Waals surface area contributed by atoms with Crippen molar-refractivity contribution in [2.45, 2.75) is 25.3 Å². The van der Waals surface area contributed by atoms with Gasteiger partial charge in [-0.25, -0.2) is 4.68 Å². The van der Waals surface area contributed by atoms with Crippen molar-refractivity contribution in [3.63, 3.8) is 0 Å². The number of thioether (sulfide) groups is 1. The van der Waals surface area contributed by atoms with Gasteiger partial charge < -0.3 is 15.0 Å². The molecule has 0 spiro atoms. The van der Waals surface area contributed by atoms with Crippen molar-refractivity contribution in [2.75, 3.05) is 29.6 Å². The first-order valence-corrected chi connectivity index (χ1v) is 9.85. The van der Waals surface area contributed by atoms with Crippen LogP contribution < -0.4 is 20.5 Å². The second-order valence-corrected chi connectivity index (χ2v) is 7.77. The minimum absolute atomic E-state index is 0.112. The van der Waals surface area contributed by atoms with Crippen LogP contribution in [0.15, 0.2) is 40.2 Å². The maximum absolute atomic E-state index is 13.0. The summed E-state index contributed by atoms with van der Waals surface area (Å²) in [6.07, 6.45) is 1.54. The third kappa shape index (κ3) is 4.19. The molecule has 3 rings (SSSR count). The van der Waals surface area contributed by atoms with E-state index in [0.717, 1.165) is 4.68 Å². The highest BCUT2D eigenvalue weighted by molar-refractivity contribution is 8.00. The predicted octanol–water partition coefficient (Wildman–Crippen LogP) is 1.99. The topological polar surface area (TPSA) is 93.5 Å². The van der Waals surface area contributed by atoms with E-state index < -0.39 is 11.5 Å². The first-order chi connectivity index (χ1) is 13.4. The molecule has 0 unspecified atom stereocenters. The number of ether oxygens (including phenoxy) is 1. The molecule has 1 aromatic carbocycles. The van der Waals surface area contributed by atoms with Crippen molar-refractivity contribution >= 4 is 35.0 Å². The molecule has 0 saturated heterocycles. The van der Waals surface area contributed by atoms with Crippen molar-refractivity contribution in [1.82, 2.24) is 9.78 Å². The number of aromatic nitrogens is 2. The molecule has 0 saturated carbocycles. The van der Waals surface area contributed by atoms with Crippen LogP contribution in [-0.2, 0) is 16.1 Å². The second-order valence-electron chi connectivity index (χ2n) is 6.76. The van der Waals surface area contributed by atoms with Gasteiger partial charge in [0.1, 0.15) is 18.0 Å². The Labute approximate surface area is 166 Å². The zero-order valence-electron chi connectivity index (χ0n) is 16.0.